The molecular weight excluding hydrogens is 300 g/mol. The van der Waals surface area contributed by atoms with Gasteiger partial charge in [0.2, 0.25) is 0 Å². The summed E-state index contributed by atoms with van der Waals surface area (Å²) >= 11 is 0. The van der Waals surface area contributed by atoms with Gasteiger partial charge in [-0.05, 0) is 57.8 Å². The molecule has 1 aromatic rings. The summed E-state index contributed by atoms with van der Waals surface area (Å²) in [5.74, 6) is 2.55. The fraction of sp³-hybridized carbons (Fsp3) is 0.632. The zero-order valence-electron chi connectivity index (χ0n) is 15.6. The number of guanidine groups is 1. The number of methoxy groups -OCH3 is 1. The smallest absolute Gasteiger partial charge is 0.191 e. The average molecular weight is 332 g/mol. The average Bonchev–Trinajstić information content (AvgIpc) is 2.98. The maximum absolute atomic E-state index is 5.45. The Balaban J connectivity index is 1.86. The lowest BCUT2D eigenvalue weighted by Crippen LogP contribution is -2.38. The van der Waals surface area contributed by atoms with Crippen molar-refractivity contribution in [1.82, 2.24) is 15.5 Å². The highest BCUT2D eigenvalue weighted by molar-refractivity contribution is 5.79. The Morgan fingerprint density at radius 2 is 2.21 bits per heavy atom. The molecule has 0 spiro atoms. The second kappa shape index (κ2) is 9.52. The lowest BCUT2D eigenvalue weighted by atomic mass is 10.1. The third-order valence-electron chi connectivity index (χ3n) is 4.46. The lowest BCUT2D eigenvalue weighted by molar-refractivity contribution is 0.397. The van der Waals surface area contributed by atoms with Crippen molar-refractivity contribution in [3.8, 4) is 5.75 Å². The van der Waals surface area contributed by atoms with Gasteiger partial charge in [-0.2, -0.15) is 0 Å². The Labute approximate surface area is 146 Å². The topological polar surface area (TPSA) is 48.9 Å². The van der Waals surface area contributed by atoms with E-state index in [1.165, 1.54) is 24.1 Å². The number of benzene rings is 1. The predicted octanol–water partition coefficient (Wildman–Crippen LogP) is 2.05. The van der Waals surface area contributed by atoms with Crippen LogP contribution in [0.3, 0.4) is 0 Å². The van der Waals surface area contributed by atoms with Crippen LogP contribution in [0, 0.1) is 12.8 Å². The van der Waals surface area contributed by atoms with Crippen molar-refractivity contribution in [1.29, 1.82) is 0 Å². The minimum absolute atomic E-state index is 0.683. The van der Waals surface area contributed by atoms with E-state index >= 15 is 0 Å². The second-order valence-corrected chi connectivity index (χ2v) is 6.63. The van der Waals surface area contributed by atoms with Gasteiger partial charge in [-0.15, -0.1) is 0 Å². The van der Waals surface area contributed by atoms with Crippen LogP contribution >= 0.6 is 0 Å². The van der Waals surface area contributed by atoms with Gasteiger partial charge in [0, 0.05) is 26.2 Å². The van der Waals surface area contributed by atoms with E-state index in [9.17, 15) is 0 Å². The van der Waals surface area contributed by atoms with Gasteiger partial charge < -0.3 is 20.3 Å². The second-order valence-electron chi connectivity index (χ2n) is 6.63. The molecule has 1 heterocycles. The molecule has 0 radical (unpaired) electrons. The molecule has 1 aromatic carbocycles. The number of aryl methyl sites for hydroxylation is 1. The minimum atomic E-state index is 0.683. The van der Waals surface area contributed by atoms with Crippen LogP contribution in [0.25, 0.3) is 0 Å². The van der Waals surface area contributed by atoms with Crippen molar-refractivity contribution in [2.75, 3.05) is 46.9 Å². The van der Waals surface area contributed by atoms with Gasteiger partial charge in [-0.25, -0.2) is 0 Å². The first-order valence-corrected chi connectivity index (χ1v) is 8.96. The summed E-state index contributed by atoms with van der Waals surface area (Å²) < 4.78 is 5.45. The van der Waals surface area contributed by atoms with Gasteiger partial charge in [-0.1, -0.05) is 17.7 Å². The summed E-state index contributed by atoms with van der Waals surface area (Å²) in [5.41, 5.74) is 2.50. The van der Waals surface area contributed by atoms with Crippen LogP contribution in [0.15, 0.2) is 23.2 Å². The first-order valence-electron chi connectivity index (χ1n) is 8.96. The quantitative estimate of drug-likeness (QED) is 0.593. The Bertz CT molecular complexity index is 544. The molecule has 1 aliphatic heterocycles. The van der Waals surface area contributed by atoms with Crippen molar-refractivity contribution in [3.05, 3.63) is 29.3 Å². The molecule has 1 unspecified atom stereocenters. The van der Waals surface area contributed by atoms with Gasteiger partial charge in [0.1, 0.15) is 5.75 Å². The molecule has 24 heavy (non-hydrogen) atoms. The molecule has 1 aliphatic rings. The molecule has 0 aromatic heterocycles. The molecule has 5 heteroatoms. The Hall–Kier alpha value is -1.75. The highest BCUT2D eigenvalue weighted by Gasteiger charge is 2.18. The molecule has 2 rings (SSSR count). The first kappa shape index (κ1) is 18.6. The maximum atomic E-state index is 5.45. The highest BCUT2D eigenvalue weighted by Crippen LogP contribution is 2.19. The minimum Gasteiger partial charge on any atom is -0.496 e. The Kier molecular flexibility index (Phi) is 7.37. The van der Waals surface area contributed by atoms with Crippen LogP contribution in [0.1, 0.15) is 24.5 Å². The number of likely N-dealkylation sites (tertiary alicyclic amines) is 1. The number of nitrogens with one attached hydrogen (secondary N) is 2. The van der Waals surface area contributed by atoms with E-state index in [1.807, 2.05) is 6.07 Å². The normalized spacial score (nSPS) is 18.7. The number of aliphatic imine (C=N–C) groups is 1. The third kappa shape index (κ3) is 5.71. The zero-order valence-corrected chi connectivity index (χ0v) is 15.6. The molecule has 2 N–H and O–H groups in total. The van der Waals surface area contributed by atoms with E-state index in [-0.39, 0.29) is 0 Å². The van der Waals surface area contributed by atoms with Gasteiger partial charge >= 0.3 is 0 Å². The Morgan fingerprint density at radius 1 is 1.38 bits per heavy atom. The molecule has 1 atom stereocenters. The number of ether oxygens (including phenoxy) is 1. The summed E-state index contributed by atoms with van der Waals surface area (Å²) in [7, 11) is 3.91. The van der Waals surface area contributed by atoms with E-state index < -0.39 is 0 Å². The van der Waals surface area contributed by atoms with Crippen molar-refractivity contribution in [2.24, 2.45) is 10.9 Å². The third-order valence-corrected chi connectivity index (χ3v) is 4.46. The summed E-state index contributed by atoms with van der Waals surface area (Å²) in [6, 6.07) is 6.32. The standard InChI is InChI=1S/C19H32N4O/c1-5-20-19(22-13-16-9-11-23(3)14-16)21-10-8-17-12-15(2)6-7-18(17)24-4/h6-7,12,16H,5,8-11,13-14H2,1-4H3,(H2,20,21,22). The van der Waals surface area contributed by atoms with Crippen molar-refractivity contribution in [3.63, 3.8) is 0 Å². The number of hydrogen-bond donors (Lipinski definition) is 2. The molecule has 0 amide bonds. The van der Waals surface area contributed by atoms with E-state index in [2.05, 4.69) is 48.6 Å². The first-order chi connectivity index (χ1) is 11.6. The molecule has 1 fully saturated rings. The SMILES string of the molecule is CCNC(=NCC1CCN(C)C1)NCCc1cc(C)ccc1OC. The number of rotatable bonds is 7. The monoisotopic (exact) mass is 332 g/mol. The Morgan fingerprint density at radius 3 is 2.88 bits per heavy atom. The van der Waals surface area contributed by atoms with Crippen molar-refractivity contribution < 1.29 is 4.74 Å². The zero-order chi connectivity index (χ0) is 17.4. The number of nitrogens with zero attached hydrogens (tertiary/aromatic N) is 2. The van der Waals surface area contributed by atoms with Crippen LogP contribution in [0.2, 0.25) is 0 Å². The molecule has 5 nitrogen and oxygen atoms in total. The van der Waals surface area contributed by atoms with Crippen molar-refractivity contribution in [2.45, 2.75) is 26.7 Å². The van der Waals surface area contributed by atoms with Gasteiger partial charge in [0.05, 0.1) is 7.11 Å². The van der Waals surface area contributed by atoms with Crippen LogP contribution in [0.5, 0.6) is 5.75 Å². The van der Waals surface area contributed by atoms with Gasteiger partial charge in [0.25, 0.3) is 0 Å². The van der Waals surface area contributed by atoms with Crippen LogP contribution in [0.4, 0.5) is 0 Å². The fourth-order valence-corrected chi connectivity index (χ4v) is 3.16. The molecule has 0 bridgehead atoms. The molecular formula is C19H32N4O. The molecule has 0 aliphatic carbocycles. The fourth-order valence-electron chi connectivity index (χ4n) is 3.16. The van der Waals surface area contributed by atoms with Crippen LogP contribution in [-0.4, -0.2) is 57.7 Å². The van der Waals surface area contributed by atoms with Crippen LogP contribution < -0.4 is 15.4 Å². The van der Waals surface area contributed by atoms with E-state index in [1.54, 1.807) is 7.11 Å². The maximum Gasteiger partial charge on any atom is 0.191 e. The van der Waals surface area contributed by atoms with Crippen molar-refractivity contribution >= 4 is 5.96 Å². The van der Waals surface area contributed by atoms with Gasteiger partial charge in [0.15, 0.2) is 5.96 Å². The summed E-state index contributed by atoms with van der Waals surface area (Å²) in [4.78, 5) is 7.14. The largest absolute Gasteiger partial charge is 0.496 e. The molecule has 1 saturated heterocycles. The summed E-state index contributed by atoms with van der Waals surface area (Å²) in [5, 5.41) is 6.78. The van der Waals surface area contributed by atoms with E-state index in [0.717, 1.165) is 44.3 Å². The van der Waals surface area contributed by atoms with Crippen LogP contribution in [-0.2, 0) is 6.42 Å². The summed E-state index contributed by atoms with van der Waals surface area (Å²) in [6.07, 6.45) is 2.17. The molecule has 0 saturated carbocycles. The predicted molar refractivity (Wildman–Crippen MR) is 101 cm³/mol. The summed E-state index contributed by atoms with van der Waals surface area (Å²) in [6.45, 7) is 9.18. The van der Waals surface area contributed by atoms with E-state index in [4.69, 9.17) is 9.73 Å². The van der Waals surface area contributed by atoms with E-state index in [0.29, 0.717) is 5.92 Å². The molecule has 134 valence electrons. The highest BCUT2D eigenvalue weighted by atomic mass is 16.5. The number of hydrogen-bond acceptors (Lipinski definition) is 3. The van der Waals surface area contributed by atoms with Gasteiger partial charge in [-0.3, -0.25) is 4.99 Å². The lowest BCUT2D eigenvalue weighted by Gasteiger charge is -2.14.